The van der Waals surface area contributed by atoms with Crippen molar-refractivity contribution < 1.29 is 19.5 Å². The molecule has 0 aromatic heterocycles. The Labute approximate surface area is 118 Å². The van der Waals surface area contributed by atoms with Gasteiger partial charge in [-0.2, -0.15) is 0 Å². The zero-order valence-electron chi connectivity index (χ0n) is 12.0. The summed E-state index contributed by atoms with van der Waals surface area (Å²) in [5, 5.41) is 17.0. The van der Waals surface area contributed by atoms with Gasteiger partial charge in [0.2, 0.25) is 5.91 Å². The maximum Gasteiger partial charge on any atom is 0.315 e. The number of aliphatic carboxylic acids is 1. The van der Waals surface area contributed by atoms with Crippen molar-refractivity contribution >= 4 is 17.9 Å². The van der Waals surface area contributed by atoms with Crippen molar-refractivity contribution in [3.63, 3.8) is 0 Å². The summed E-state index contributed by atoms with van der Waals surface area (Å²) in [6.45, 7) is 4.04. The Kier molecular flexibility index (Phi) is 5.79. The predicted molar refractivity (Wildman–Crippen MR) is 73.2 cm³/mol. The second-order valence-corrected chi connectivity index (χ2v) is 5.34. The van der Waals surface area contributed by atoms with Crippen LogP contribution < -0.4 is 16.0 Å². The molecular formula is C13H23N3O4. The summed E-state index contributed by atoms with van der Waals surface area (Å²) in [7, 11) is 0. The lowest BCUT2D eigenvalue weighted by Gasteiger charge is -2.27. The molecular weight excluding hydrogens is 262 g/mol. The van der Waals surface area contributed by atoms with E-state index in [9.17, 15) is 19.5 Å². The van der Waals surface area contributed by atoms with Gasteiger partial charge in [0.1, 0.15) is 0 Å². The highest BCUT2D eigenvalue weighted by molar-refractivity contribution is 5.84. The first kappa shape index (κ1) is 16.3. The highest BCUT2D eigenvalue weighted by Gasteiger charge is 2.45. The Hall–Kier alpha value is -1.79. The van der Waals surface area contributed by atoms with Crippen molar-refractivity contribution in [1.29, 1.82) is 0 Å². The van der Waals surface area contributed by atoms with E-state index in [1.54, 1.807) is 6.92 Å². The summed E-state index contributed by atoms with van der Waals surface area (Å²) in [6, 6.07) is -0.908. The lowest BCUT2D eigenvalue weighted by Crippen LogP contribution is -2.51. The van der Waals surface area contributed by atoms with Gasteiger partial charge in [0.15, 0.2) is 0 Å². The van der Waals surface area contributed by atoms with Crippen LogP contribution in [0, 0.1) is 5.41 Å². The van der Waals surface area contributed by atoms with Crippen LogP contribution in [0.2, 0.25) is 0 Å². The van der Waals surface area contributed by atoms with Crippen LogP contribution >= 0.6 is 0 Å². The molecule has 0 bridgehead atoms. The molecule has 7 nitrogen and oxygen atoms in total. The third kappa shape index (κ3) is 4.11. The number of rotatable bonds is 6. The van der Waals surface area contributed by atoms with Gasteiger partial charge in [-0.15, -0.1) is 0 Å². The molecule has 0 aromatic carbocycles. The second-order valence-electron chi connectivity index (χ2n) is 5.34. The average Bonchev–Trinajstić information content (AvgIpc) is 2.77. The van der Waals surface area contributed by atoms with E-state index in [1.165, 1.54) is 0 Å². The maximum absolute atomic E-state index is 11.7. The quantitative estimate of drug-likeness (QED) is 0.568. The van der Waals surface area contributed by atoms with Crippen LogP contribution in [-0.4, -0.2) is 42.1 Å². The fourth-order valence-electron chi connectivity index (χ4n) is 2.35. The molecule has 114 valence electrons. The van der Waals surface area contributed by atoms with E-state index in [-0.39, 0.29) is 12.5 Å². The predicted octanol–water partition coefficient (Wildman–Crippen LogP) is 0.455. The third-order valence-electron chi connectivity index (χ3n) is 3.73. The first-order chi connectivity index (χ1) is 9.40. The van der Waals surface area contributed by atoms with E-state index in [2.05, 4.69) is 16.0 Å². The van der Waals surface area contributed by atoms with Crippen molar-refractivity contribution in [2.24, 2.45) is 5.41 Å². The van der Waals surface area contributed by atoms with Crippen LogP contribution in [-0.2, 0) is 9.59 Å². The summed E-state index contributed by atoms with van der Waals surface area (Å²) in [5.74, 6) is -1.16. The Bertz CT molecular complexity index is 386. The number of carbonyl (C=O) groups excluding carboxylic acids is 2. The van der Waals surface area contributed by atoms with Crippen LogP contribution in [0.15, 0.2) is 0 Å². The van der Waals surface area contributed by atoms with Crippen molar-refractivity contribution in [3.8, 4) is 0 Å². The topological polar surface area (TPSA) is 108 Å². The monoisotopic (exact) mass is 285 g/mol. The zero-order chi connectivity index (χ0) is 15.2. The van der Waals surface area contributed by atoms with Crippen LogP contribution in [0.5, 0.6) is 0 Å². The molecule has 0 saturated heterocycles. The fourth-order valence-corrected chi connectivity index (χ4v) is 2.35. The van der Waals surface area contributed by atoms with Gasteiger partial charge >= 0.3 is 12.0 Å². The number of carbonyl (C=O) groups is 3. The first-order valence-corrected chi connectivity index (χ1v) is 6.94. The van der Waals surface area contributed by atoms with E-state index >= 15 is 0 Å². The van der Waals surface area contributed by atoms with Crippen LogP contribution in [0.3, 0.4) is 0 Å². The number of urea groups is 1. The average molecular weight is 285 g/mol. The minimum atomic E-state index is -0.929. The van der Waals surface area contributed by atoms with Gasteiger partial charge in [-0.25, -0.2) is 4.79 Å². The van der Waals surface area contributed by atoms with E-state index in [1.807, 2.05) is 6.92 Å². The summed E-state index contributed by atoms with van der Waals surface area (Å²) in [4.78, 5) is 34.3. The van der Waals surface area contributed by atoms with Gasteiger partial charge in [-0.1, -0.05) is 13.3 Å². The highest BCUT2D eigenvalue weighted by Crippen LogP contribution is 2.38. The number of carboxylic acids is 1. The number of nitrogens with one attached hydrogen (secondary N) is 3. The molecule has 0 aliphatic heterocycles. The second kappa shape index (κ2) is 7.12. The van der Waals surface area contributed by atoms with Gasteiger partial charge < -0.3 is 21.1 Å². The molecule has 1 aliphatic rings. The molecule has 0 radical (unpaired) electrons. The molecule has 1 saturated carbocycles. The summed E-state index contributed by atoms with van der Waals surface area (Å²) < 4.78 is 0. The SMILES string of the molecule is CCCNC(=O)CNC(=O)NC1CCCC1(C)C(=O)O. The van der Waals surface area contributed by atoms with Crippen LogP contribution in [0.25, 0.3) is 0 Å². The normalized spacial score (nSPS) is 25.0. The Morgan fingerprint density at radius 3 is 2.60 bits per heavy atom. The molecule has 20 heavy (non-hydrogen) atoms. The van der Waals surface area contributed by atoms with Crippen molar-refractivity contribution in [2.75, 3.05) is 13.1 Å². The van der Waals surface area contributed by atoms with E-state index in [0.717, 1.165) is 12.8 Å². The van der Waals surface area contributed by atoms with Gasteiger partial charge in [-0.05, 0) is 26.2 Å². The van der Waals surface area contributed by atoms with Crippen molar-refractivity contribution in [1.82, 2.24) is 16.0 Å². The summed E-state index contributed by atoms with van der Waals surface area (Å²) in [6.07, 6.45) is 2.78. The number of amides is 3. The van der Waals surface area contributed by atoms with Gasteiger partial charge in [0.25, 0.3) is 0 Å². The van der Waals surface area contributed by atoms with Crippen molar-refractivity contribution in [2.45, 2.75) is 45.6 Å². The largest absolute Gasteiger partial charge is 0.481 e. The Morgan fingerprint density at radius 1 is 1.30 bits per heavy atom. The fraction of sp³-hybridized carbons (Fsp3) is 0.769. The first-order valence-electron chi connectivity index (χ1n) is 6.94. The molecule has 1 aliphatic carbocycles. The zero-order valence-corrected chi connectivity index (χ0v) is 12.0. The van der Waals surface area contributed by atoms with Gasteiger partial charge in [-0.3, -0.25) is 9.59 Å². The molecule has 1 rings (SSSR count). The minimum Gasteiger partial charge on any atom is -0.481 e. The summed E-state index contributed by atoms with van der Waals surface area (Å²) >= 11 is 0. The lowest BCUT2D eigenvalue weighted by atomic mass is 9.85. The van der Waals surface area contributed by atoms with E-state index in [0.29, 0.717) is 19.4 Å². The smallest absolute Gasteiger partial charge is 0.315 e. The molecule has 2 unspecified atom stereocenters. The number of hydrogen-bond donors (Lipinski definition) is 4. The van der Waals surface area contributed by atoms with Crippen LogP contribution in [0.1, 0.15) is 39.5 Å². The maximum atomic E-state index is 11.7. The minimum absolute atomic E-state index is 0.109. The molecule has 0 aromatic rings. The molecule has 0 heterocycles. The van der Waals surface area contributed by atoms with E-state index in [4.69, 9.17) is 0 Å². The van der Waals surface area contributed by atoms with Crippen molar-refractivity contribution in [3.05, 3.63) is 0 Å². The molecule has 2 atom stereocenters. The standard InChI is InChI=1S/C13H23N3O4/c1-3-7-14-10(17)8-15-12(20)16-9-5-4-6-13(9,2)11(18)19/h9H,3-8H2,1-2H3,(H,14,17)(H,18,19)(H2,15,16,20). The number of hydrogen-bond acceptors (Lipinski definition) is 3. The lowest BCUT2D eigenvalue weighted by molar-refractivity contribution is -0.148. The Morgan fingerprint density at radius 2 is 2.00 bits per heavy atom. The van der Waals surface area contributed by atoms with Gasteiger partial charge in [0.05, 0.1) is 12.0 Å². The highest BCUT2D eigenvalue weighted by atomic mass is 16.4. The van der Waals surface area contributed by atoms with Gasteiger partial charge in [0, 0.05) is 12.6 Å². The molecule has 3 amide bonds. The molecule has 1 fully saturated rings. The molecule has 7 heteroatoms. The molecule has 4 N–H and O–H groups in total. The number of carboxylic acid groups (broad SMARTS) is 1. The summed E-state index contributed by atoms with van der Waals surface area (Å²) in [5.41, 5.74) is -0.929. The van der Waals surface area contributed by atoms with Crippen LogP contribution in [0.4, 0.5) is 4.79 Å². The Balaban J connectivity index is 2.39. The molecule has 0 spiro atoms. The van der Waals surface area contributed by atoms with E-state index < -0.39 is 23.5 Å². The third-order valence-corrected chi connectivity index (χ3v) is 3.73.